The fourth-order valence-electron chi connectivity index (χ4n) is 1.95. The Balaban J connectivity index is 2.62. The number of rotatable bonds is 5. The van der Waals surface area contributed by atoms with Crippen LogP contribution in [0.2, 0.25) is 0 Å². The first kappa shape index (κ1) is 15.1. The molecule has 18 heavy (non-hydrogen) atoms. The zero-order valence-electron chi connectivity index (χ0n) is 11.8. The molecule has 0 saturated carbocycles. The smallest absolute Gasteiger partial charge is 0.237 e. The maximum absolute atomic E-state index is 11.9. The number of amides is 1. The lowest BCUT2D eigenvalue weighted by molar-refractivity contribution is -0.123. The van der Waals surface area contributed by atoms with Crippen molar-refractivity contribution in [2.45, 2.75) is 53.1 Å². The van der Waals surface area contributed by atoms with Gasteiger partial charge in [-0.15, -0.1) is 11.3 Å². The summed E-state index contributed by atoms with van der Waals surface area (Å²) >= 11 is 1.62. The first-order valence-electron chi connectivity index (χ1n) is 6.31. The van der Waals surface area contributed by atoms with E-state index in [-0.39, 0.29) is 11.9 Å². The molecule has 4 nitrogen and oxygen atoms in total. The molecule has 0 saturated heterocycles. The minimum atomic E-state index is -0.429. The van der Waals surface area contributed by atoms with E-state index in [2.05, 4.69) is 24.1 Å². The van der Waals surface area contributed by atoms with Crippen molar-refractivity contribution in [1.29, 1.82) is 0 Å². The predicted octanol–water partition coefficient (Wildman–Crippen LogP) is 2.31. The fourth-order valence-corrected chi connectivity index (χ4v) is 2.88. The Morgan fingerprint density at radius 2 is 2.00 bits per heavy atom. The van der Waals surface area contributed by atoms with Crippen LogP contribution in [0.5, 0.6) is 0 Å². The third-order valence-corrected chi connectivity index (χ3v) is 4.01. The van der Waals surface area contributed by atoms with Crippen LogP contribution >= 0.6 is 11.3 Å². The number of carbonyl (C=O) groups excluding carboxylic acids is 1. The van der Waals surface area contributed by atoms with Crippen molar-refractivity contribution in [3.05, 3.63) is 15.6 Å². The third kappa shape index (κ3) is 4.07. The fraction of sp³-hybridized carbons (Fsp3) is 0.692. The highest BCUT2D eigenvalue weighted by Crippen LogP contribution is 2.24. The second-order valence-electron chi connectivity index (χ2n) is 5.15. The molecule has 0 fully saturated rings. The van der Waals surface area contributed by atoms with Gasteiger partial charge in [-0.3, -0.25) is 4.79 Å². The Hall–Kier alpha value is -0.940. The summed E-state index contributed by atoms with van der Waals surface area (Å²) in [6, 6.07) is -0.455. The van der Waals surface area contributed by atoms with Crippen LogP contribution in [0, 0.1) is 19.8 Å². The summed E-state index contributed by atoms with van der Waals surface area (Å²) in [7, 11) is 0. The van der Waals surface area contributed by atoms with Crippen LogP contribution in [0.25, 0.3) is 0 Å². The number of nitrogens with zero attached hydrogens (tertiary/aromatic N) is 1. The summed E-state index contributed by atoms with van der Waals surface area (Å²) in [5.74, 6) is 0.343. The van der Waals surface area contributed by atoms with Crippen LogP contribution in [0.1, 0.15) is 48.8 Å². The number of nitrogens with two attached hydrogens (primary N) is 1. The van der Waals surface area contributed by atoms with E-state index in [4.69, 9.17) is 5.73 Å². The number of aromatic nitrogens is 1. The largest absolute Gasteiger partial charge is 0.347 e. The van der Waals surface area contributed by atoms with Crippen molar-refractivity contribution < 1.29 is 4.79 Å². The van der Waals surface area contributed by atoms with Gasteiger partial charge in [0.25, 0.3) is 0 Å². The highest BCUT2D eigenvalue weighted by molar-refractivity contribution is 7.11. The molecule has 0 spiro atoms. The van der Waals surface area contributed by atoms with E-state index in [1.54, 1.807) is 11.3 Å². The van der Waals surface area contributed by atoms with Gasteiger partial charge < -0.3 is 11.1 Å². The SMILES string of the molecule is Cc1nc(C)c(C(C)NC(=O)C(N)CC(C)C)s1. The van der Waals surface area contributed by atoms with Gasteiger partial charge in [-0.1, -0.05) is 13.8 Å². The lowest BCUT2D eigenvalue weighted by atomic mass is 10.0. The molecule has 5 heteroatoms. The maximum atomic E-state index is 11.9. The molecule has 1 amide bonds. The van der Waals surface area contributed by atoms with E-state index in [1.165, 1.54) is 0 Å². The summed E-state index contributed by atoms with van der Waals surface area (Å²) in [6.45, 7) is 10.0. The normalized spacial score (nSPS) is 14.6. The summed E-state index contributed by atoms with van der Waals surface area (Å²) < 4.78 is 0. The molecule has 1 heterocycles. The first-order valence-corrected chi connectivity index (χ1v) is 7.12. The second kappa shape index (κ2) is 6.29. The summed E-state index contributed by atoms with van der Waals surface area (Å²) in [5.41, 5.74) is 6.85. The van der Waals surface area contributed by atoms with Crippen molar-refractivity contribution in [3.8, 4) is 0 Å². The van der Waals surface area contributed by atoms with Crippen LogP contribution < -0.4 is 11.1 Å². The number of hydrogen-bond donors (Lipinski definition) is 2. The second-order valence-corrected chi connectivity index (χ2v) is 6.38. The van der Waals surface area contributed by atoms with Crippen LogP contribution in [-0.4, -0.2) is 16.9 Å². The number of carbonyl (C=O) groups is 1. The van der Waals surface area contributed by atoms with Crippen LogP contribution in [0.3, 0.4) is 0 Å². The van der Waals surface area contributed by atoms with Gasteiger partial charge in [-0.25, -0.2) is 4.98 Å². The van der Waals surface area contributed by atoms with Crippen molar-refractivity contribution in [1.82, 2.24) is 10.3 Å². The monoisotopic (exact) mass is 269 g/mol. The molecule has 1 aromatic rings. The third-order valence-electron chi connectivity index (χ3n) is 2.75. The molecule has 1 aromatic heterocycles. The molecule has 0 aromatic carbocycles. The minimum absolute atomic E-state index is 0.0260. The summed E-state index contributed by atoms with van der Waals surface area (Å²) in [4.78, 5) is 17.4. The van der Waals surface area contributed by atoms with E-state index < -0.39 is 6.04 Å². The number of hydrogen-bond acceptors (Lipinski definition) is 4. The van der Waals surface area contributed by atoms with E-state index in [9.17, 15) is 4.79 Å². The molecule has 0 aliphatic carbocycles. The van der Waals surface area contributed by atoms with Crippen molar-refractivity contribution in [3.63, 3.8) is 0 Å². The molecular weight excluding hydrogens is 246 g/mol. The lowest BCUT2D eigenvalue weighted by Crippen LogP contribution is -2.42. The number of aryl methyl sites for hydroxylation is 2. The summed E-state index contributed by atoms with van der Waals surface area (Å²) in [5, 5.41) is 3.99. The molecule has 0 aliphatic rings. The molecule has 2 unspecified atom stereocenters. The molecular formula is C13H23N3OS. The quantitative estimate of drug-likeness (QED) is 0.862. The van der Waals surface area contributed by atoms with Gasteiger partial charge in [-0.05, 0) is 33.1 Å². The Bertz CT molecular complexity index is 414. The Labute approximate surface area is 113 Å². The average Bonchev–Trinajstić information content (AvgIpc) is 2.56. The molecule has 0 radical (unpaired) electrons. The van der Waals surface area contributed by atoms with Crippen molar-refractivity contribution >= 4 is 17.2 Å². The highest BCUT2D eigenvalue weighted by Gasteiger charge is 2.20. The molecule has 102 valence electrons. The Kier molecular flexibility index (Phi) is 5.28. The van der Waals surface area contributed by atoms with Crippen LogP contribution in [0.4, 0.5) is 0 Å². The maximum Gasteiger partial charge on any atom is 0.237 e. The van der Waals surface area contributed by atoms with Gasteiger partial charge in [0.2, 0.25) is 5.91 Å². The van der Waals surface area contributed by atoms with Crippen molar-refractivity contribution in [2.24, 2.45) is 11.7 Å². The molecule has 2 atom stereocenters. The molecule has 3 N–H and O–H groups in total. The van der Waals surface area contributed by atoms with Crippen molar-refractivity contribution in [2.75, 3.05) is 0 Å². The lowest BCUT2D eigenvalue weighted by Gasteiger charge is -2.18. The van der Waals surface area contributed by atoms with E-state index in [0.29, 0.717) is 12.3 Å². The van der Waals surface area contributed by atoms with Crippen LogP contribution in [-0.2, 0) is 4.79 Å². The molecule has 0 bridgehead atoms. The van der Waals surface area contributed by atoms with Gasteiger partial charge in [-0.2, -0.15) is 0 Å². The first-order chi connectivity index (χ1) is 8.31. The van der Waals surface area contributed by atoms with Gasteiger partial charge in [0.1, 0.15) is 0 Å². The van der Waals surface area contributed by atoms with E-state index >= 15 is 0 Å². The number of nitrogens with one attached hydrogen (secondary N) is 1. The van der Waals surface area contributed by atoms with Gasteiger partial charge in [0, 0.05) is 4.88 Å². The predicted molar refractivity (Wildman–Crippen MR) is 75.6 cm³/mol. The zero-order chi connectivity index (χ0) is 13.9. The van der Waals surface area contributed by atoms with E-state index in [1.807, 2.05) is 20.8 Å². The van der Waals surface area contributed by atoms with Gasteiger partial charge in [0.15, 0.2) is 0 Å². The van der Waals surface area contributed by atoms with Gasteiger partial charge in [0.05, 0.1) is 22.8 Å². The Morgan fingerprint density at radius 1 is 1.39 bits per heavy atom. The molecule has 1 rings (SSSR count). The molecule has 0 aliphatic heterocycles. The van der Waals surface area contributed by atoms with Crippen LogP contribution in [0.15, 0.2) is 0 Å². The Morgan fingerprint density at radius 3 is 2.44 bits per heavy atom. The van der Waals surface area contributed by atoms with E-state index in [0.717, 1.165) is 15.6 Å². The number of thiazole rings is 1. The topological polar surface area (TPSA) is 68.0 Å². The zero-order valence-corrected chi connectivity index (χ0v) is 12.6. The van der Waals surface area contributed by atoms with Gasteiger partial charge >= 0.3 is 0 Å². The summed E-state index contributed by atoms with van der Waals surface area (Å²) in [6.07, 6.45) is 0.708. The standard InChI is InChI=1S/C13H23N3OS/c1-7(2)6-11(14)13(17)16-9(4)12-8(3)15-10(5)18-12/h7,9,11H,6,14H2,1-5H3,(H,16,17). The minimum Gasteiger partial charge on any atom is -0.347 e. The average molecular weight is 269 g/mol. The highest BCUT2D eigenvalue weighted by atomic mass is 32.1.